The van der Waals surface area contributed by atoms with E-state index in [-0.39, 0.29) is 4.88 Å². The van der Waals surface area contributed by atoms with Gasteiger partial charge in [0.25, 0.3) is 0 Å². The molecular formula is C10H5BrFNS. The summed E-state index contributed by atoms with van der Waals surface area (Å²) >= 11 is 4.50. The predicted molar refractivity (Wildman–Crippen MR) is 59.1 cm³/mol. The molecule has 2 aromatic rings. The topological polar surface area (TPSA) is 23.8 Å². The smallest absolute Gasteiger partial charge is 0.159 e. The fourth-order valence-corrected chi connectivity index (χ4v) is 2.48. The van der Waals surface area contributed by atoms with Crippen molar-refractivity contribution in [2.75, 3.05) is 0 Å². The van der Waals surface area contributed by atoms with Crippen molar-refractivity contribution in [1.29, 1.82) is 5.26 Å². The zero-order chi connectivity index (χ0) is 10.1. The van der Waals surface area contributed by atoms with Gasteiger partial charge in [-0.05, 0) is 17.7 Å². The number of alkyl halides is 1. The van der Waals surface area contributed by atoms with Gasteiger partial charge in [-0.2, -0.15) is 5.26 Å². The van der Waals surface area contributed by atoms with Gasteiger partial charge in [-0.3, -0.25) is 0 Å². The molecule has 0 saturated carbocycles. The largest absolute Gasteiger partial charge is 0.204 e. The Labute approximate surface area is 92.9 Å². The molecule has 0 atom stereocenters. The summed E-state index contributed by atoms with van der Waals surface area (Å²) in [5, 5.41) is 9.90. The van der Waals surface area contributed by atoms with E-state index in [0.717, 1.165) is 10.3 Å². The van der Waals surface area contributed by atoms with Crippen molar-refractivity contribution in [2.24, 2.45) is 0 Å². The number of thiophene rings is 1. The number of nitriles is 1. The van der Waals surface area contributed by atoms with Gasteiger partial charge >= 0.3 is 0 Å². The summed E-state index contributed by atoms with van der Waals surface area (Å²) in [6, 6.07) is 7.40. The van der Waals surface area contributed by atoms with Gasteiger partial charge in [-0.1, -0.05) is 22.0 Å². The van der Waals surface area contributed by atoms with Crippen molar-refractivity contribution >= 4 is 37.4 Å². The van der Waals surface area contributed by atoms with Crippen molar-refractivity contribution in [3.63, 3.8) is 0 Å². The standard InChI is InChI=1S/C10H5BrFNS/c11-4-6-1-2-8-7(3-6)10(12)9(5-13)14-8/h1-3H,4H2. The molecule has 0 amide bonds. The van der Waals surface area contributed by atoms with Gasteiger partial charge in [0.2, 0.25) is 0 Å². The number of rotatable bonds is 1. The Bertz CT molecular complexity index is 527. The van der Waals surface area contributed by atoms with Crippen molar-refractivity contribution in [3.8, 4) is 6.07 Å². The lowest BCUT2D eigenvalue weighted by molar-refractivity contribution is 0.641. The summed E-state index contributed by atoms with van der Waals surface area (Å²) in [5.41, 5.74) is 1.01. The lowest BCUT2D eigenvalue weighted by Gasteiger charge is -1.94. The van der Waals surface area contributed by atoms with Gasteiger partial charge in [-0.15, -0.1) is 11.3 Å². The van der Waals surface area contributed by atoms with E-state index in [1.54, 1.807) is 6.07 Å². The van der Waals surface area contributed by atoms with Crippen molar-refractivity contribution in [2.45, 2.75) is 5.33 Å². The average molecular weight is 270 g/mol. The molecule has 0 aliphatic heterocycles. The van der Waals surface area contributed by atoms with Crippen molar-refractivity contribution < 1.29 is 4.39 Å². The van der Waals surface area contributed by atoms with Gasteiger partial charge in [0.1, 0.15) is 10.9 Å². The molecule has 0 radical (unpaired) electrons. The first kappa shape index (κ1) is 9.63. The molecule has 1 aromatic carbocycles. The molecule has 1 aromatic heterocycles. The zero-order valence-corrected chi connectivity index (χ0v) is 9.45. The molecule has 0 aliphatic carbocycles. The second-order valence-electron chi connectivity index (χ2n) is 2.82. The molecule has 0 saturated heterocycles. The van der Waals surface area contributed by atoms with Crippen LogP contribution in [0, 0.1) is 17.1 Å². The van der Waals surface area contributed by atoms with E-state index < -0.39 is 5.82 Å². The second kappa shape index (κ2) is 3.68. The summed E-state index contributed by atoms with van der Waals surface area (Å²) in [5.74, 6) is -0.393. The van der Waals surface area contributed by atoms with Crippen LogP contribution in [0.3, 0.4) is 0 Å². The van der Waals surface area contributed by atoms with Crippen molar-refractivity contribution in [1.82, 2.24) is 0 Å². The number of halogens is 2. The minimum absolute atomic E-state index is 0.159. The Balaban J connectivity index is 2.76. The molecule has 2 rings (SSSR count). The maximum Gasteiger partial charge on any atom is 0.159 e. The van der Waals surface area contributed by atoms with Crippen LogP contribution in [0.5, 0.6) is 0 Å². The Morgan fingerprint density at radius 1 is 1.50 bits per heavy atom. The van der Waals surface area contributed by atoms with E-state index in [0.29, 0.717) is 10.7 Å². The van der Waals surface area contributed by atoms with Crippen LogP contribution in [0.15, 0.2) is 18.2 Å². The highest BCUT2D eigenvalue weighted by molar-refractivity contribution is 9.08. The molecule has 14 heavy (non-hydrogen) atoms. The third-order valence-electron chi connectivity index (χ3n) is 1.95. The lowest BCUT2D eigenvalue weighted by Crippen LogP contribution is -1.77. The van der Waals surface area contributed by atoms with E-state index in [2.05, 4.69) is 15.9 Å². The van der Waals surface area contributed by atoms with E-state index in [1.807, 2.05) is 18.2 Å². The van der Waals surface area contributed by atoms with Crippen LogP contribution >= 0.6 is 27.3 Å². The van der Waals surface area contributed by atoms with Crippen LogP contribution in [-0.4, -0.2) is 0 Å². The maximum atomic E-state index is 13.5. The fraction of sp³-hybridized carbons (Fsp3) is 0.100. The Morgan fingerprint density at radius 3 is 2.93 bits per heavy atom. The highest BCUT2D eigenvalue weighted by Crippen LogP contribution is 2.30. The molecule has 0 bridgehead atoms. The molecule has 0 N–H and O–H groups in total. The molecule has 70 valence electrons. The summed E-state index contributed by atoms with van der Waals surface area (Å²) in [6.45, 7) is 0. The van der Waals surface area contributed by atoms with Gasteiger partial charge in [0.05, 0.1) is 0 Å². The third-order valence-corrected chi connectivity index (χ3v) is 3.65. The highest BCUT2D eigenvalue weighted by atomic mass is 79.9. The van der Waals surface area contributed by atoms with Crippen LogP contribution < -0.4 is 0 Å². The molecular weight excluding hydrogens is 265 g/mol. The Morgan fingerprint density at radius 2 is 2.29 bits per heavy atom. The summed E-state index contributed by atoms with van der Waals surface area (Å²) < 4.78 is 14.3. The first-order valence-corrected chi connectivity index (χ1v) is 5.87. The number of hydrogen-bond donors (Lipinski definition) is 0. The summed E-state index contributed by atoms with van der Waals surface area (Å²) in [6.07, 6.45) is 0. The molecule has 1 nitrogen and oxygen atoms in total. The summed E-state index contributed by atoms with van der Waals surface area (Å²) in [4.78, 5) is 0.159. The van der Waals surface area contributed by atoms with E-state index in [4.69, 9.17) is 5.26 Å². The van der Waals surface area contributed by atoms with E-state index in [1.165, 1.54) is 11.3 Å². The Hall–Kier alpha value is -0.920. The molecule has 1 heterocycles. The van der Waals surface area contributed by atoms with Gasteiger partial charge in [0, 0.05) is 15.4 Å². The summed E-state index contributed by atoms with van der Waals surface area (Å²) in [7, 11) is 0. The normalized spacial score (nSPS) is 10.4. The number of nitrogens with zero attached hydrogens (tertiary/aromatic N) is 1. The zero-order valence-electron chi connectivity index (χ0n) is 7.05. The first-order chi connectivity index (χ1) is 6.76. The third kappa shape index (κ3) is 1.43. The Kier molecular flexibility index (Phi) is 2.53. The van der Waals surface area contributed by atoms with Crippen LogP contribution in [0.1, 0.15) is 10.4 Å². The van der Waals surface area contributed by atoms with Crippen LogP contribution in [0.2, 0.25) is 0 Å². The van der Waals surface area contributed by atoms with Gasteiger partial charge in [0.15, 0.2) is 5.82 Å². The average Bonchev–Trinajstić information content (AvgIpc) is 2.55. The molecule has 0 aliphatic rings. The van der Waals surface area contributed by atoms with Crippen LogP contribution in [0.25, 0.3) is 10.1 Å². The van der Waals surface area contributed by atoms with Crippen LogP contribution in [-0.2, 0) is 5.33 Å². The lowest BCUT2D eigenvalue weighted by atomic mass is 10.2. The number of benzene rings is 1. The monoisotopic (exact) mass is 269 g/mol. The number of hydrogen-bond acceptors (Lipinski definition) is 2. The predicted octanol–water partition coefficient (Wildman–Crippen LogP) is 3.81. The molecule has 4 heteroatoms. The molecule has 0 spiro atoms. The van der Waals surface area contributed by atoms with E-state index >= 15 is 0 Å². The van der Waals surface area contributed by atoms with Crippen molar-refractivity contribution in [3.05, 3.63) is 34.5 Å². The number of fused-ring (bicyclic) bond motifs is 1. The van der Waals surface area contributed by atoms with E-state index in [9.17, 15) is 4.39 Å². The maximum absolute atomic E-state index is 13.5. The minimum Gasteiger partial charge on any atom is -0.204 e. The second-order valence-corrected chi connectivity index (χ2v) is 4.43. The quantitative estimate of drug-likeness (QED) is 0.723. The molecule has 0 unspecified atom stereocenters. The SMILES string of the molecule is N#Cc1sc2ccc(CBr)cc2c1F. The molecule has 0 fully saturated rings. The van der Waals surface area contributed by atoms with Crippen LogP contribution in [0.4, 0.5) is 4.39 Å². The van der Waals surface area contributed by atoms with Gasteiger partial charge in [-0.25, -0.2) is 4.39 Å². The minimum atomic E-state index is -0.393. The highest BCUT2D eigenvalue weighted by Gasteiger charge is 2.11. The fourth-order valence-electron chi connectivity index (χ4n) is 1.27. The van der Waals surface area contributed by atoms with Gasteiger partial charge < -0.3 is 0 Å². The first-order valence-electron chi connectivity index (χ1n) is 3.93.